The van der Waals surface area contributed by atoms with E-state index < -0.39 is 0 Å². The summed E-state index contributed by atoms with van der Waals surface area (Å²) in [7, 11) is 5.94. The van der Waals surface area contributed by atoms with E-state index in [2.05, 4.69) is 67.6 Å². The van der Waals surface area contributed by atoms with Crippen molar-refractivity contribution in [3.63, 3.8) is 0 Å². The molecule has 4 aliphatic rings. The molecule has 0 heterocycles. The lowest BCUT2D eigenvalue weighted by Crippen LogP contribution is -2.50. The minimum atomic E-state index is 0.180. The second-order valence-corrected chi connectivity index (χ2v) is 17.0. The number of allylic oxidation sites excluding steroid dienone is 2. The van der Waals surface area contributed by atoms with E-state index in [1.165, 1.54) is 76.4 Å². The second kappa shape index (κ2) is 13.0. The van der Waals surface area contributed by atoms with Crippen LogP contribution in [0.1, 0.15) is 125 Å². The number of carbonyl (C=O) groups excluding carboxylic acids is 1. The molecule has 0 aromatic carbocycles. The standard InChI is InChI=1S/C33H57NOS2/c1-23(2)10-9-11-24(3)28-15-16-29-27-14-13-25-22-26(37-36-21-8-7-12-31(35)34-6)17-19-32(25,4)30(27)18-20-33(28,29)5/h13,23-24,26-30H,7-12,14-22H2,1-6H3,(H,34,35)/t24-,26+,27+,28-,29+,30+,32+,33-/m1/s1. The lowest BCUT2D eigenvalue weighted by atomic mass is 9.47. The predicted molar refractivity (Wildman–Crippen MR) is 165 cm³/mol. The molecular formula is C33H57NOS2. The Labute approximate surface area is 237 Å². The Morgan fingerprint density at radius 1 is 1.03 bits per heavy atom. The van der Waals surface area contributed by atoms with Gasteiger partial charge in [-0.15, -0.1) is 0 Å². The average molecular weight is 548 g/mol. The van der Waals surface area contributed by atoms with Gasteiger partial charge in [0.15, 0.2) is 0 Å². The molecule has 0 aliphatic heterocycles. The van der Waals surface area contributed by atoms with Gasteiger partial charge in [0, 0.05) is 24.5 Å². The Kier molecular flexibility index (Phi) is 10.5. The van der Waals surface area contributed by atoms with E-state index in [1.807, 2.05) is 5.57 Å². The van der Waals surface area contributed by atoms with Crippen molar-refractivity contribution < 1.29 is 4.79 Å². The third-order valence-corrected chi connectivity index (χ3v) is 14.6. The van der Waals surface area contributed by atoms with Crippen LogP contribution in [0.2, 0.25) is 0 Å². The lowest BCUT2D eigenvalue weighted by molar-refractivity contribution is -0.120. The van der Waals surface area contributed by atoms with Crippen LogP contribution in [0.15, 0.2) is 11.6 Å². The van der Waals surface area contributed by atoms with Crippen molar-refractivity contribution in [1.29, 1.82) is 0 Å². The number of carbonyl (C=O) groups is 1. The van der Waals surface area contributed by atoms with Crippen molar-refractivity contribution in [1.82, 2.24) is 5.32 Å². The first-order valence-corrected chi connectivity index (χ1v) is 18.3. The topological polar surface area (TPSA) is 29.1 Å². The molecule has 3 saturated carbocycles. The van der Waals surface area contributed by atoms with Gasteiger partial charge in [-0.05, 0) is 111 Å². The maximum atomic E-state index is 11.4. The molecule has 0 aromatic heterocycles. The zero-order valence-electron chi connectivity index (χ0n) is 25.0. The van der Waals surface area contributed by atoms with Gasteiger partial charge in [-0.1, -0.05) is 87.1 Å². The highest BCUT2D eigenvalue weighted by Crippen LogP contribution is 2.67. The molecule has 0 bridgehead atoms. The number of hydrogen-bond donors (Lipinski definition) is 1. The fourth-order valence-electron chi connectivity index (χ4n) is 9.45. The zero-order valence-corrected chi connectivity index (χ0v) is 26.6. The summed E-state index contributed by atoms with van der Waals surface area (Å²) >= 11 is 0. The monoisotopic (exact) mass is 547 g/mol. The molecule has 1 N–H and O–H groups in total. The SMILES string of the molecule is CNC(=O)CCCCSS[C@H]1CC[C@@]2(C)C(=CC[C@H]3[C@@H]4CC[C@H]([C@H](C)CCCC(C)C)[C@@]4(C)CC[C@@H]32)C1. The molecule has 0 saturated heterocycles. The Balaban J connectivity index is 1.30. The van der Waals surface area contributed by atoms with Gasteiger partial charge in [-0.25, -0.2) is 0 Å². The highest BCUT2D eigenvalue weighted by Gasteiger charge is 2.59. The average Bonchev–Trinajstić information content (AvgIpc) is 3.23. The molecule has 4 rings (SSSR count). The summed E-state index contributed by atoms with van der Waals surface area (Å²) in [6.45, 7) is 12.8. The summed E-state index contributed by atoms with van der Waals surface area (Å²) < 4.78 is 0. The van der Waals surface area contributed by atoms with Crippen LogP contribution in [-0.4, -0.2) is 24.0 Å². The maximum absolute atomic E-state index is 11.4. The highest BCUT2D eigenvalue weighted by atomic mass is 33.1. The summed E-state index contributed by atoms with van der Waals surface area (Å²) in [5.41, 5.74) is 2.90. The van der Waals surface area contributed by atoms with Gasteiger partial charge in [0.2, 0.25) is 5.91 Å². The van der Waals surface area contributed by atoms with Gasteiger partial charge in [-0.3, -0.25) is 4.79 Å². The van der Waals surface area contributed by atoms with Crippen LogP contribution in [0, 0.1) is 46.3 Å². The van der Waals surface area contributed by atoms with E-state index in [1.54, 1.807) is 7.05 Å². The Morgan fingerprint density at radius 3 is 2.59 bits per heavy atom. The van der Waals surface area contributed by atoms with Crippen LogP contribution < -0.4 is 5.32 Å². The number of nitrogens with one attached hydrogen (secondary N) is 1. The van der Waals surface area contributed by atoms with Crippen LogP contribution in [0.25, 0.3) is 0 Å². The second-order valence-electron chi connectivity index (χ2n) is 14.2. The van der Waals surface area contributed by atoms with Crippen molar-refractivity contribution in [3.8, 4) is 0 Å². The molecule has 1 amide bonds. The molecule has 212 valence electrons. The van der Waals surface area contributed by atoms with Crippen LogP contribution in [-0.2, 0) is 4.79 Å². The molecule has 4 aliphatic carbocycles. The third kappa shape index (κ3) is 6.63. The molecule has 0 aromatic rings. The number of rotatable bonds is 12. The molecular weight excluding hydrogens is 491 g/mol. The highest BCUT2D eigenvalue weighted by molar-refractivity contribution is 8.76. The zero-order chi connectivity index (χ0) is 26.6. The Bertz CT molecular complexity index is 795. The fraction of sp³-hybridized carbons (Fsp3) is 0.909. The lowest BCUT2D eigenvalue weighted by Gasteiger charge is -2.58. The summed E-state index contributed by atoms with van der Waals surface area (Å²) in [5.74, 6) is 6.92. The first kappa shape index (κ1) is 29.9. The third-order valence-electron chi connectivity index (χ3n) is 11.6. The Morgan fingerprint density at radius 2 is 1.84 bits per heavy atom. The first-order chi connectivity index (χ1) is 17.7. The molecule has 8 atom stereocenters. The summed E-state index contributed by atoms with van der Waals surface area (Å²) in [6.07, 6.45) is 21.4. The quantitative estimate of drug-likeness (QED) is 0.150. The number of unbranched alkanes of at least 4 members (excludes halogenated alkanes) is 1. The van der Waals surface area contributed by atoms with Crippen molar-refractivity contribution in [2.75, 3.05) is 12.8 Å². The van der Waals surface area contributed by atoms with Crippen molar-refractivity contribution in [3.05, 3.63) is 11.6 Å². The summed E-state index contributed by atoms with van der Waals surface area (Å²) in [4.78, 5) is 11.4. The van der Waals surface area contributed by atoms with Crippen LogP contribution >= 0.6 is 21.6 Å². The normalized spacial score (nSPS) is 37.9. The molecule has 0 unspecified atom stereocenters. The molecule has 4 heteroatoms. The van der Waals surface area contributed by atoms with Gasteiger partial charge < -0.3 is 5.32 Å². The van der Waals surface area contributed by atoms with E-state index in [0.29, 0.717) is 17.3 Å². The van der Waals surface area contributed by atoms with Crippen LogP contribution in [0.4, 0.5) is 0 Å². The van der Waals surface area contributed by atoms with Crippen LogP contribution in [0.5, 0.6) is 0 Å². The molecule has 37 heavy (non-hydrogen) atoms. The molecule has 3 fully saturated rings. The molecule has 0 spiro atoms. The van der Waals surface area contributed by atoms with E-state index in [4.69, 9.17) is 0 Å². The number of hydrogen-bond acceptors (Lipinski definition) is 3. The number of amides is 1. The maximum Gasteiger partial charge on any atom is 0.219 e. The van der Waals surface area contributed by atoms with Gasteiger partial charge >= 0.3 is 0 Å². The molecule has 2 nitrogen and oxygen atoms in total. The van der Waals surface area contributed by atoms with Gasteiger partial charge in [-0.2, -0.15) is 0 Å². The van der Waals surface area contributed by atoms with E-state index >= 15 is 0 Å². The first-order valence-electron chi connectivity index (χ1n) is 15.9. The fourth-order valence-corrected chi connectivity index (χ4v) is 12.2. The van der Waals surface area contributed by atoms with Gasteiger partial charge in [0.05, 0.1) is 0 Å². The molecule has 0 radical (unpaired) electrons. The van der Waals surface area contributed by atoms with E-state index in [-0.39, 0.29) is 5.91 Å². The minimum Gasteiger partial charge on any atom is -0.359 e. The van der Waals surface area contributed by atoms with Crippen molar-refractivity contribution in [2.45, 2.75) is 130 Å². The predicted octanol–water partition coefficient (Wildman–Crippen LogP) is 9.69. The van der Waals surface area contributed by atoms with Gasteiger partial charge in [0.25, 0.3) is 0 Å². The summed E-state index contributed by atoms with van der Waals surface area (Å²) in [5, 5.41) is 3.52. The number of fused-ring (bicyclic) bond motifs is 5. The summed E-state index contributed by atoms with van der Waals surface area (Å²) in [6, 6.07) is 0. The Hall–Kier alpha value is -0.0900. The van der Waals surface area contributed by atoms with Crippen LogP contribution in [0.3, 0.4) is 0 Å². The van der Waals surface area contributed by atoms with Gasteiger partial charge in [0.1, 0.15) is 0 Å². The van der Waals surface area contributed by atoms with E-state index in [0.717, 1.165) is 53.6 Å². The van der Waals surface area contributed by atoms with Crippen molar-refractivity contribution in [2.24, 2.45) is 46.3 Å². The largest absolute Gasteiger partial charge is 0.359 e. The minimum absolute atomic E-state index is 0.180. The van der Waals surface area contributed by atoms with Crippen molar-refractivity contribution >= 4 is 27.5 Å². The smallest absolute Gasteiger partial charge is 0.219 e. The van der Waals surface area contributed by atoms with E-state index in [9.17, 15) is 4.79 Å².